The molecular weight excluding hydrogens is 283 g/mol. The van der Waals surface area contributed by atoms with Crippen molar-refractivity contribution >= 4 is 17.3 Å². The molecule has 0 fully saturated rings. The van der Waals surface area contributed by atoms with E-state index in [1.165, 1.54) is 12.1 Å². The van der Waals surface area contributed by atoms with Gasteiger partial charge < -0.3 is 11.1 Å². The lowest BCUT2D eigenvalue weighted by atomic mass is 10.1. The van der Waals surface area contributed by atoms with Crippen molar-refractivity contribution in [2.24, 2.45) is 0 Å². The van der Waals surface area contributed by atoms with Crippen molar-refractivity contribution in [2.45, 2.75) is 0 Å². The van der Waals surface area contributed by atoms with Gasteiger partial charge in [-0.1, -0.05) is 0 Å². The fourth-order valence-corrected chi connectivity index (χ4v) is 1.63. The molecule has 1 amide bonds. The number of hydrogen-bond acceptors (Lipinski definition) is 3. The summed E-state index contributed by atoms with van der Waals surface area (Å²) in [6.45, 7) is 0. The molecule has 0 bridgehead atoms. The number of nitrogens with zero attached hydrogens (tertiary/aromatic N) is 1. The molecule has 2 aromatic carbocycles. The predicted molar refractivity (Wildman–Crippen MR) is 69.8 cm³/mol. The fraction of sp³-hybridized carbons (Fsp3) is 0. The SMILES string of the molecule is N#Cc1ccc(NC(=O)c2cc(F)c(F)cc2N)c(F)c1. The first kappa shape index (κ1) is 14.4. The van der Waals surface area contributed by atoms with Crippen molar-refractivity contribution in [1.29, 1.82) is 5.26 Å². The molecule has 0 aliphatic carbocycles. The van der Waals surface area contributed by atoms with Gasteiger partial charge in [0.1, 0.15) is 5.82 Å². The van der Waals surface area contributed by atoms with Gasteiger partial charge in [-0.2, -0.15) is 5.26 Å². The molecule has 0 heterocycles. The van der Waals surface area contributed by atoms with Crippen molar-refractivity contribution < 1.29 is 18.0 Å². The Morgan fingerprint density at radius 3 is 2.38 bits per heavy atom. The largest absolute Gasteiger partial charge is 0.398 e. The van der Waals surface area contributed by atoms with E-state index >= 15 is 0 Å². The average Bonchev–Trinajstić information content (AvgIpc) is 2.44. The first-order chi connectivity index (χ1) is 9.92. The van der Waals surface area contributed by atoms with E-state index in [0.29, 0.717) is 12.1 Å². The number of benzene rings is 2. The van der Waals surface area contributed by atoms with Gasteiger partial charge in [-0.15, -0.1) is 0 Å². The summed E-state index contributed by atoms with van der Waals surface area (Å²) in [5.41, 5.74) is 4.70. The van der Waals surface area contributed by atoms with Crippen molar-refractivity contribution in [1.82, 2.24) is 0 Å². The van der Waals surface area contributed by atoms with Crippen LogP contribution in [0.5, 0.6) is 0 Å². The van der Waals surface area contributed by atoms with Crippen LogP contribution < -0.4 is 11.1 Å². The van der Waals surface area contributed by atoms with E-state index in [0.717, 1.165) is 6.07 Å². The number of nitrogen functional groups attached to an aromatic ring is 1. The predicted octanol–water partition coefficient (Wildman–Crippen LogP) is 2.81. The zero-order chi connectivity index (χ0) is 15.6. The third-order valence-electron chi connectivity index (χ3n) is 2.68. The molecule has 3 N–H and O–H groups in total. The van der Waals surface area contributed by atoms with E-state index in [9.17, 15) is 18.0 Å². The maximum atomic E-state index is 13.6. The number of nitriles is 1. The summed E-state index contributed by atoms with van der Waals surface area (Å²) in [6, 6.07) is 6.45. The Bertz CT molecular complexity index is 769. The minimum absolute atomic E-state index is 0.0813. The number of carbonyl (C=O) groups excluding carboxylic acids is 1. The molecule has 0 aliphatic heterocycles. The topological polar surface area (TPSA) is 78.9 Å². The zero-order valence-corrected chi connectivity index (χ0v) is 10.5. The number of anilines is 2. The highest BCUT2D eigenvalue weighted by Gasteiger charge is 2.16. The summed E-state index contributed by atoms with van der Waals surface area (Å²) in [5.74, 6) is -4.15. The van der Waals surface area contributed by atoms with Gasteiger partial charge in [-0.3, -0.25) is 4.79 Å². The van der Waals surface area contributed by atoms with Crippen molar-refractivity contribution in [2.75, 3.05) is 11.1 Å². The summed E-state index contributed by atoms with van der Waals surface area (Å²) >= 11 is 0. The Balaban J connectivity index is 2.31. The molecule has 0 aliphatic rings. The maximum Gasteiger partial charge on any atom is 0.257 e. The molecule has 0 unspecified atom stereocenters. The first-order valence-electron chi connectivity index (χ1n) is 5.68. The monoisotopic (exact) mass is 291 g/mol. The van der Waals surface area contributed by atoms with E-state index in [1.54, 1.807) is 6.07 Å². The molecule has 7 heteroatoms. The van der Waals surface area contributed by atoms with Crippen LogP contribution in [0.4, 0.5) is 24.5 Å². The summed E-state index contributed by atoms with van der Waals surface area (Å²) in [7, 11) is 0. The lowest BCUT2D eigenvalue weighted by molar-refractivity contribution is 0.102. The molecule has 0 aromatic heterocycles. The Kier molecular flexibility index (Phi) is 3.80. The number of amides is 1. The molecule has 21 heavy (non-hydrogen) atoms. The lowest BCUT2D eigenvalue weighted by Gasteiger charge is -2.09. The second-order valence-corrected chi connectivity index (χ2v) is 4.11. The summed E-state index contributed by atoms with van der Waals surface area (Å²) in [5, 5.41) is 10.8. The van der Waals surface area contributed by atoms with E-state index in [4.69, 9.17) is 11.0 Å². The molecule has 0 saturated carbocycles. The van der Waals surface area contributed by atoms with Crippen LogP contribution in [0.2, 0.25) is 0 Å². The number of rotatable bonds is 2. The third-order valence-corrected chi connectivity index (χ3v) is 2.68. The van der Waals surface area contributed by atoms with Crippen LogP contribution in [0.25, 0.3) is 0 Å². The van der Waals surface area contributed by atoms with Crippen molar-refractivity contribution in [3.63, 3.8) is 0 Å². The zero-order valence-electron chi connectivity index (χ0n) is 10.5. The van der Waals surface area contributed by atoms with Gasteiger partial charge in [-0.25, -0.2) is 13.2 Å². The van der Waals surface area contributed by atoms with E-state index < -0.39 is 23.4 Å². The minimum Gasteiger partial charge on any atom is -0.398 e. The molecule has 4 nitrogen and oxygen atoms in total. The van der Waals surface area contributed by atoms with Gasteiger partial charge in [-0.05, 0) is 24.3 Å². The second-order valence-electron chi connectivity index (χ2n) is 4.11. The quantitative estimate of drug-likeness (QED) is 0.835. The van der Waals surface area contributed by atoms with Gasteiger partial charge in [0.05, 0.1) is 22.9 Å². The van der Waals surface area contributed by atoms with Crippen molar-refractivity contribution in [3.8, 4) is 6.07 Å². The number of carbonyl (C=O) groups is 1. The lowest BCUT2D eigenvalue weighted by Crippen LogP contribution is -2.15. The van der Waals surface area contributed by atoms with Gasteiger partial charge in [0.25, 0.3) is 5.91 Å². The standard InChI is InChI=1S/C14H8F3N3O/c15-9-4-8(12(19)5-10(9)16)14(21)20-13-2-1-7(6-18)3-11(13)17/h1-5H,19H2,(H,20,21). The molecule has 0 radical (unpaired) electrons. The smallest absolute Gasteiger partial charge is 0.257 e. The highest BCUT2D eigenvalue weighted by Crippen LogP contribution is 2.20. The molecule has 2 rings (SSSR count). The van der Waals surface area contributed by atoms with E-state index in [1.807, 2.05) is 0 Å². The Morgan fingerprint density at radius 1 is 1.10 bits per heavy atom. The minimum atomic E-state index is -1.24. The van der Waals surface area contributed by atoms with Crippen LogP contribution in [-0.4, -0.2) is 5.91 Å². The van der Waals surface area contributed by atoms with Gasteiger partial charge in [0.15, 0.2) is 11.6 Å². The van der Waals surface area contributed by atoms with Crippen molar-refractivity contribution in [3.05, 3.63) is 58.9 Å². The van der Waals surface area contributed by atoms with Crippen LogP contribution in [0.1, 0.15) is 15.9 Å². The Labute approximate surface area is 117 Å². The molecule has 0 saturated heterocycles. The number of nitrogens with one attached hydrogen (secondary N) is 1. The summed E-state index contributed by atoms with van der Waals surface area (Å²) in [4.78, 5) is 11.9. The van der Waals surface area contributed by atoms with Crippen LogP contribution >= 0.6 is 0 Å². The van der Waals surface area contributed by atoms with Gasteiger partial charge >= 0.3 is 0 Å². The highest BCUT2D eigenvalue weighted by atomic mass is 19.2. The first-order valence-corrected chi connectivity index (χ1v) is 5.68. The van der Waals surface area contributed by atoms with Gasteiger partial charge in [0, 0.05) is 11.8 Å². The summed E-state index contributed by atoms with van der Waals surface area (Å²) < 4.78 is 39.7. The van der Waals surface area contributed by atoms with Crippen LogP contribution in [0.3, 0.4) is 0 Å². The normalized spacial score (nSPS) is 10.0. The number of halogens is 3. The van der Waals surface area contributed by atoms with Crippen LogP contribution in [0.15, 0.2) is 30.3 Å². The Morgan fingerprint density at radius 2 is 1.76 bits per heavy atom. The summed E-state index contributed by atoms with van der Waals surface area (Å²) in [6.07, 6.45) is 0. The Hall–Kier alpha value is -3.01. The third kappa shape index (κ3) is 2.95. The molecule has 0 spiro atoms. The van der Waals surface area contributed by atoms with Crippen LogP contribution in [-0.2, 0) is 0 Å². The molecule has 106 valence electrons. The maximum absolute atomic E-state index is 13.6. The number of hydrogen-bond donors (Lipinski definition) is 2. The average molecular weight is 291 g/mol. The number of nitrogens with two attached hydrogens (primary N) is 1. The second kappa shape index (κ2) is 5.54. The van der Waals surface area contributed by atoms with Gasteiger partial charge in [0.2, 0.25) is 0 Å². The molecule has 2 aromatic rings. The molecule has 0 atom stereocenters. The molecular formula is C14H8F3N3O. The van der Waals surface area contributed by atoms with E-state index in [2.05, 4.69) is 5.32 Å². The van der Waals surface area contributed by atoms with E-state index in [-0.39, 0.29) is 22.5 Å². The van der Waals surface area contributed by atoms with Crippen LogP contribution in [0, 0.1) is 28.8 Å². The fourth-order valence-electron chi connectivity index (χ4n) is 1.63. The highest BCUT2D eigenvalue weighted by molar-refractivity contribution is 6.07.